The minimum atomic E-state index is -0.145. The third-order valence-electron chi connectivity index (χ3n) is 2.78. The van der Waals surface area contributed by atoms with E-state index in [-0.39, 0.29) is 6.10 Å². The fourth-order valence-electron chi connectivity index (χ4n) is 2.04. The predicted molar refractivity (Wildman–Crippen MR) is 59.0 cm³/mol. The summed E-state index contributed by atoms with van der Waals surface area (Å²) in [6.45, 7) is 2.61. The van der Waals surface area contributed by atoms with Gasteiger partial charge >= 0.3 is 0 Å². The van der Waals surface area contributed by atoms with Gasteiger partial charge < -0.3 is 5.11 Å². The molecule has 1 fully saturated rings. The number of hydrogen-bond acceptors (Lipinski definition) is 4. The van der Waals surface area contributed by atoms with Crippen molar-refractivity contribution in [3.63, 3.8) is 0 Å². The Morgan fingerprint density at radius 2 is 2.53 bits per heavy atom. The van der Waals surface area contributed by atoms with Gasteiger partial charge in [0.2, 0.25) is 0 Å². The van der Waals surface area contributed by atoms with E-state index in [2.05, 4.69) is 16.1 Å². The van der Waals surface area contributed by atoms with Gasteiger partial charge in [0, 0.05) is 37.4 Å². The normalized spacial score (nSPS) is 22.9. The summed E-state index contributed by atoms with van der Waals surface area (Å²) in [5, 5.41) is 11.4. The molecule has 15 heavy (non-hydrogen) atoms. The summed E-state index contributed by atoms with van der Waals surface area (Å²) in [6.07, 6.45) is 4.84. The lowest BCUT2D eigenvalue weighted by molar-refractivity contribution is 0.174. The fraction of sp³-hybridized carbons (Fsp3) is 0.500. The molecule has 1 saturated heterocycles. The van der Waals surface area contributed by atoms with E-state index in [0.29, 0.717) is 0 Å². The topological polar surface area (TPSA) is 40.8 Å². The first kappa shape index (κ1) is 9.33. The van der Waals surface area contributed by atoms with Crippen molar-refractivity contribution >= 4 is 16.3 Å². The van der Waals surface area contributed by atoms with Gasteiger partial charge in [0.25, 0.3) is 0 Å². The monoisotopic (exact) mass is 223 g/mol. The van der Waals surface area contributed by atoms with Gasteiger partial charge in [0.15, 0.2) is 4.96 Å². The Morgan fingerprint density at radius 3 is 3.27 bits per heavy atom. The minimum absolute atomic E-state index is 0.145. The van der Waals surface area contributed by atoms with Crippen LogP contribution in [0.4, 0.5) is 0 Å². The molecule has 0 saturated carbocycles. The number of imidazole rings is 1. The highest BCUT2D eigenvalue weighted by Crippen LogP contribution is 2.15. The minimum Gasteiger partial charge on any atom is -0.392 e. The Bertz CT molecular complexity index is 435. The number of thiazole rings is 1. The van der Waals surface area contributed by atoms with Gasteiger partial charge in [-0.25, -0.2) is 4.98 Å². The third kappa shape index (κ3) is 1.78. The Kier molecular flexibility index (Phi) is 2.23. The van der Waals surface area contributed by atoms with E-state index in [1.54, 1.807) is 11.3 Å². The van der Waals surface area contributed by atoms with E-state index < -0.39 is 0 Å². The molecule has 1 N–H and O–H groups in total. The average Bonchev–Trinajstić information content (AvgIpc) is 2.81. The Balaban J connectivity index is 1.75. The predicted octanol–water partition coefficient (Wildman–Crippen LogP) is 0.962. The SMILES string of the molecule is OC1CCN(Cc2cn3ccsc3n2)C1. The number of β-amino-alcohol motifs (C(OH)–C–C–N with tert-alkyl or cyclic N) is 1. The van der Waals surface area contributed by atoms with E-state index in [1.807, 2.05) is 16.0 Å². The van der Waals surface area contributed by atoms with E-state index in [1.165, 1.54) is 0 Å². The second kappa shape index (κ2) is 3.59. The summed E-state index contributed by atoms with van der Waals surface area (Å²) in [7, 11) is 0. The van der Waals surface area contributed by atoms with Crippen LogP contribution in [0, 0.1) is 0 Å². The van der Waals surface area contributed by atoms with Crippen LogP contribution < -0.4 is 0 Å². The first-order valence-electron chi connectivity index (χ1n) is 5.13. The van der Waals surface area contributed by atoms with Crippen LogP contribution in [0.15, 0.2) is 17.8 Å². The Morgan fingerprint density at radius 1 is 1.60 bits per heavy atom. The smallest absolute Gasteiger partial charge is 0.193 e. The third-order valence-corrected chi connectivity index (χ3v) is 3.55. The lowest BCUT2D eigenvalue weighted by Gasteiger charge is -2.12. The van der Waals surface area contributed by atoms with Gasteiger partial charge in [-0.3, -0.25) is 9.30 Å². The molecule has 0 aromatic carbocycles. The van der Waals surface area contributed by atoms with Crippen LogP contribution in [-0.2, 0) is 6.54 Å². The van der Waals surface area contributed by atoms with Crippen LogP contribution in [0.3, 0.4) is 0 Å². The zero-order valence-corrected chi connectivity index (χ0v) is 9.15. The maximum Gasteiger partial charge on any atom is 0.193 e. The Hall–Kier alpha value is -0.910. The van der Waals surface area contributed by atoms with Crippen LogP contribution in [0.1, 0.15) is 12.1 Å². The largest absolute Gasteiger partial charge is 0.392 e. The molecule has 5 heteroatoms. The molecule has 0 aliphatic carbocycles. The summed E-state index contributed by atoms with van der Waals surface area (Å²) in [5.41, 5.74) is 1.09. The highest BCUT2D eigenvalue weighted by molar-refractivity contribution is 7.15. The van der Waals surface area contributed by atoms with Crippen LogP contribution in [0.25, 0.3) is 4.96 Å². The van der Waals surface area contributed by atoms with Gasteiger partial charge in [-0.2, -0.15) is 0 Å². The van der Waals surface area contributed by atoms with Crippen LogP contribution in [0.5, 0.6) is 0 Å². The zero-order chi connectivity index (χ0) is 10.3. The quantitative estimate of drug-likeness (QED) is 0.824. The fourth-order valence-corrected chi connectivity index (χ4v) is 2.76. The molecule has 0 bridgehead atoms. The molecule has 1 aliphatic rings. The number of likely N-dealkylation sites (tertiary alicyclic amines) is 1. The number of fused-ring (bicyclic) bond motifs is 1. The second-order valence-electron chi connectivity index (χ2n) is 4.00. The van der Waals surface area contributed by atoms with Crippen molar-refractivity contribution in [3.05, 3.63) is 23.5 Å². The van der Waals surface area contributed by atoms with E-state index >= 15 is 0 Å². The molecule has 0 radical (unpaired) electrons. The molecule has 3 heterocycles. The summed E-state index contributed by atoms with van der Waals surface area (Å²) >= 11 is 1.65. The summed E-state index contributed by atoms with van der Waals surface area (Å²) in [5.74, 6) is 0. The lowest BCUT2D eigenvalue weighted by Crippen LogP contribution is -2.21. The molecular weight excluding hydrogens is 210 g/mol. The van der Waals surface area contributed by atoms with Crippen molar-refractivity contribution in [1.29, 1.82) is 0 Å². The lowest BCUT2D eigenvalue weighted by atomic mass is 10.3. The summed E-state index contributed by atoms with van der Waals surface area (Å²) in [6, 6.07) is 0. The van der Waals surface area contributed by atoms with Crippen molar-refractivity contribution < 1.29 is 5.11 Å². The molecule has 1 unspecified atom stereocenters. The van der Waals surface area contributed by atoms with Crippen molar-refractivity contribution in [1.82, 2.24) is 14.3 Å². The Labute approximate surface area is 91.8 Å². The number of aliphatic hydroxyl groups excluding tert-OH is 1. The molecule has 1 aliphatic heterocycles. The number of hydrogen-bond donors (Lipinski definition) is 1. The van der Waals surface area contributed by atoms with E-state index in [4.69, 9.17) is 0 Å². The molecular formula is C10H13N3OS. The number of nitrogens with zero attached hydrogens (tertiary/aromatic N) is 3. The highest BCUT2D eigenvalue weighted by atomic mass is 32.1. The first-order valence-corrected chi connectivity index (χ1v) is 6.01. The summed E-state index contributed by atoms with van der Waals surface area (Å²) in [4.78, 5) is 7.81. The van der Waals surface area contributed by atoms with E-state index in [0.717, 1.165) is 36.7 Å². The zero-order valence-electron chi connectivity index (χ0n) is 8.33. The molecule has 4 nitrogen and oxygen atoms in total. The number of aromatic nitrogens is 2. The summed E-state index contributed by atoms with van der Waals surface area (Å²) < 4.78 is 2.05. The van der Waals surface area contributed by atoms with Crippen molar-refractivity contribution in [3.8, 4) is 0 Å². The average molecular weight is 223 g/mol. The first-order chi connectivity index (χ1) is 7.31. The second-order valence-corrected chi connectivity index (χ2v) is 4.88. The number of rotatable bonds is 2. The molecule has 0 amide bonds. The molecule has 2 aromatic heterocycles. The van der Waals surface area contributed by atoms with Gasteiger partial charge in [0.1, 0.15) is 0 Å². The van der Waals surface area contributed by atoms with Gasteiger partial charge in [-0.05, 0) is 6.42 Å². The van der Waals surface area contributed by atoms with Crippen LogP contribution in [-0.4, -0.2) is 38.6 Å². The van der Waals surface area contributed by atoms with Crippen molar-refractivity contribution in [2.45, 2.75) is 19.1 Å². The van der Waals surface area contributed by atoms with Crippen molar-refractivity contribution in [2.24, 2.45) is 0 Å². The molecule has 2 aromatic rings. The van der Waals surface area contributed by atoms with Gasteiger partial charge in [-0.15, -0.1) is 11.3 Å². The number of aliphatic hydroxyl groups is 1. The molecule has 1 atom stereocenters. The molecule has 3 rings (SSSR count). The van der Waals surface area contributed by atoms with Crippen molar-refractivity contribution in [2.75, 3.05) is 13.1 Å². The van der Waals surface area contributed by atoms with Crippen LogP contribution in [0.2, 0.25) is 0 Å². The van der Waals surface area contributed by atoms with Gasteiger partial charge in [0.05, 0.1) is 11.8 Å². The van der Waals surface area contributed by atoms with E-state index in [9.17, 15) is 5.11 Å². The van der Waals surface area contributed by atoms with Crippen LogP contribution >= 0.6 is 11.3 Å². The molecule has 80 valence electrons. The maximum atomic E-state index is 9.41. The van der Waals surface area contributed by atoms with Gasteiger partial charge in [-0.1, -0.05) is 0 Å². The maximum absolute atomic E-state index is 9.41. The standard InChI is InChI=1S/C10H13N3OS/c14-9-1-2-12(7-9)5-8-6-13-3-4-15-10(13)11-8/h3-4,6,9,14H,1-2,5,7H2. The highest BCUT2D eigenvalue weighted by Gasteiger charge is 2.20. The molecule has 0 spiro atoms.